The number of aliphatic imine (C=N–C) groups is 1. The molecule has 2 rings (SSSR count). The van der Waals surface area contributed by atoms with Gasteiger partial charge in [0.25, 0.3) is 0 Å². The van der Waals surface area contributed by atoms with Gasteiger partial charge in [-0.05, 0) is 23.8 Å². The van der Waals surface area contributed by atoms with Crippen molar-refractivity contribution in [3.05, 3.63) is 64.7 Å². The number of carboxylic acids is 1. The Bertz CT molecular complexity index is 713. The molecule has 0 bridgehead atoms. The van der Waals surface area contributed by atoms with Gasteiger partial charge in [-0.25, -0.2) is 14.6 Å². The molecule has 1 N–H and O–H groups in total. The van der Waals surface area contributed by atoms with Crippen molar-refractivity contribution in [2.45, 2.75) is 6.61 Å². The van der Waals surface area contributed by atoms with Crippen LogP contribution >= 0.6 is 11.6 Å². The van der Waals surface area contributed by atoms with Crippen molar-refractivity contribution in [3.8, 4) is 0 Å². The van der Waals surface area contributed by atoms with Crippen LogP contribution in [-0.4, -0.2) is 23.3 Å². The number of carbonyl (C=O) groups is 2. The fourth-order valence-corrected chi connectivity index (χ4v) is 1.85. The third-order valence-corrected chi connectivity index (χ3v) is 2.96. The second-order valence-electron chi connectivity index (χ2n) is 4.32. The van der Waals surface area contributed by atoms with Crippen molar-refractivity contribution in [2.24, 2.45) is 4.99 Å². The maximum absolute atomic E-state index is 11.6. The van der Waals surface area contributed by atoms with Gasteiger partial charge in [0.2, 0.25) is 0 Å². The van der Waals surface area contributed by atoms with E-state index in [0.717, 1.165) is 11.8 Å². The number of benzene rings is 2. The molecule has 0 radical (unpaired) electrons. The van der Waals surface area contributed by atoms with Crippen LogP contribution < -0.4 is 0 Å². The van der Waals surface area contributed by atoms with Crippen LogP contribution in [0.1, 0.15) is 15.9 Å². The molecule has 0 heterocycles. The number of hydrogen-bond acceptors (Lipinski definition) is 4. The molecule has 0 amide bonds. The van der Waals surface area contributed by atoms with E-state index in [1.807, 2.05) is 30.3 Å². The summed E-state index contributed by atoms with van der Waals surface area (Å²) in [5, 5.41) is 9.37. The number of ether oxygens (including phenoxy) is 1. The van der Waals surface area contributed by atoms with E-state index in [1.54, 1.807) is 0 Å². The molecule has 2 aromatic carbocycles. The predicted molar refractivity (Wildman–Crippen MR) is 82.8 cm³/mol. The summed E-state index contributed by atoms with van der Waals surface area (Å²) in [6.45, 7) is 0.118. The minimum Gasteiger partial charge on any atom is -0.478 e. The highest BCUT2D eigenvalue weighted by Gasteiger charge is 2.10. The Balaban J connectivity index is 2.03. The first-order chi connectivity index (χ1) is 10.6. The Morgan fingerprint density at radius 1 is 1.18 bits per heavy atom. The smallest absolute Gasteiger partial charge is 0.349 e. The van der Waals surface area contributed by atoms with E-state index < -0.39 is 11.9 Å². The molecule has 0 unspecified atom stereocenters. The van der Waals surface area contributed by atoms with Gasteiger partial charge < -0.3 is 9.84 Å². The second kappa shape index (κ2) is 7.38. The molecule has 0 aliphatic rings. The molecule has 6 heteroatoms. The van der Waals surface area contributed by atoms with E-state index >= 15 is 0 Å². The van der Waals surface area contributed by atoms with E-state index in [-0.39, 0.29) is 17.9 Å². The van der Waals surface area contributed by atoms with Crippen molar-refractivity contribution in [1.82, 2.24) is 0 Å². The molecule has 112 valence electrons. The molecule has 0 saturated heterocycles. The highest BCUT2D eigenvalue weighted by atomic mass is 35.5. The fraction of sp³-hybridized carbons (Fsp3) is 0.0625. The summed E-state index contributed by atoms with van der Waals surface area (Å²) in [6.07, 6.45) is 0.932. The molecule has 0 atom stereocenters. The average molecular weight is 318 g/mol. The minimum absolute atomic E-state index is 0.0449. The summed E-state index contributed by atoms with van der Waals surface area (Å²) in [4.78, 5) is 26.5. The van der Waals surface area contributed by atoms with Gasteiger partial charge >= 0.3 is 11.9 Å². The lowest BCUT2D eigenvalue weighted by atomic mass is 10.2. The van der Waals surface area contributed by atoms with Gasteiger partial charge in [-0.3, -0.25) is 0 Å². The predicted octanol–water partition coefficient (Wildman–Crippen LogP) is 3.48. The average Bonchev–Trinajstić information content (AvgIpc) is 2.51. The Kier molecular flexibility index (Phi) is 5.27. The molecule has 2 aromatic rings. The lowest BCUT2D eigenvalue weighted by Crippen LogP contribution is -2.05. The van der Waals surface area contributed by atoms with E-state index in [1.165, 1.54) is 18.2 Å². The molecule has 0 spiro atoms. The van der Waals surface area contributed by atoms with Gasteiger partial charge in [0.15, 0.2) is 0 Å². The van der Waals surface area contributed by atoms with Crippen LogP contribution in [0.25, 0.3) is 0 Å². The number of aromatic carboxylic acids is 1. The van der Waals surface area contributed by atoms with Crippen molar-refractivity contribution in [1.29, 1.82) is 0 Å². The molecule has 0 aliphatic heterocycles. The highest BCUT2D eigenvalue weighted by Crippen LogP contribution is 2.23. The van der Waals surface area contributed by atoms with E-state index in [4.69, 9.17) is 21.4 Å². The maximum Gasteiger partial charge on any atom is 0.349 e. The largest absolute Gasteiger partial charge is 0.478 e. The summed E-state index contributed by atoms with van der Waals surface area (Å²) in [5.41, 5.74) is 0.895. The second-order valence-corrected chi connectivity index (χ2v) is 4.75. The summed E-state index contributed by atoms with van der Waals surface area (Å²) < 4.78 is 5.01. The first kappa shape index (κ1) is 15.7. The molecule has 5 nitrogen and oxygen atoms in total. The molecule has 22 heavy (non-hydrogen) atoms. The van der Waals surface area contributed by atoms with Crippen molar-refractivity contribution in [2.75, 3.05) is 0 Å². The van der Waals surface area contributed by atoms with Crippen LogP contribution in [0, 0.1) is 0 Å². The van der Waals surface area contributed by atoms with Gasteiger partial charge in [-0.2, -0.15) is 0 Å². The number of carbonyl (C=O) groups excluding carboxylic acids is 1. The summed E-state index contributed by atoms with van der Waals surface area (Å²) in [6, 6.07) is 13.3. The van der Waals surface area contributed by atoms with Crippen LogP contribution in [0.3, 0.4) is 0 Å². The van der Waals surface area contributed by atoms with Crippen LogP contribution in [0.2, 0.25) is 5.02 Å². The van der Waals surface area contributed by atoms with Gasteiger partial charge in [0.1, 0.15) is 12.8 Å². The first-order valence-corrected chi connectivity index (χ1v) is 6.71. The van der Waals surface area contributed by atoms with Crippen LogP contribution in [0.15, 0.2) is 53.5 Å². The van der Waals surface area contributed by atoms with Crippen molar-refractivity contribution in [3.63, 3.8) is 0 Å². The lowest BCUT2D eigenvalue weighted by molar-refractivity contribution is -0.136. The minimum atomic E-state index is -1.15. The van der Waals surface area contributed by atoms with Crippen molar-refractivity contribution < 1.29 is 19.4 Å². The third-order valence-electron chi connectivity index (χ3n) is 2.72. The Morgan fingerprint density at radius 3 is 2.59 bits per heavy atom. The summed E-state index contributed by atoms with van der Waals surface area (Å²) in [7, 11) is 0. The highest BCUT2D eigenvalue weighted by molar-refractivity contribution is 6.31. The maximum atomic E-state index is 11.6. The monoisotopic (exact) mass is 317 g/mol. The Labute approximate surface area is 131 Å². The molecule has 0 fully saturated rings. The zero-order valence-electron chi connectivity index (χ0n) is 11.4. The van der Waals surface area contributed by atoms with Crippen LogP contribution in [-0.2, 0) is 16.1 Å². The summed E-state index contributed by atoms with van der Waals surface area (Å²) in [5.74, 6) is -1.82. The van der Waals surface area contributed by atoms with Gasteiger partial charge in [0.05, 0.1) is 11.3 Å². The normalized spacial score (nSPS) is 10.6. The number of halogens is 1. The van der Waals surface area contributed by atoms with E-state index in [0.29, 0.717) is 5.02 Å². The topological polar surface area (TPSA) is 76.0 Å². The number of esters is 1. The summed E-state index contributed by atoms with van der Waals surface area (Å²) >= 11 is 5.80. The third kappa shape index (κ3) is 4.43. The molecular formula is C16H12ClNO4. The fourth-order valence-electron chi connectivity index (χ4n) is 1.68. The SMILES string of the molecule is O=C(/C=N\c1cc(Cl)ccc1C(=O)O)OCc1ccccc1. The number of hydrogen-bond donors (Lipinski definition) is 1. The van der Waals surface area contributed by atoms with E-state index in [9.17, 15) is 9.59 Å². The number of nitrogens with zero attached hydrogens (tertiary/aromatic N) is 1. The molecular weight excluding hydrogens is 306 g/mol. The number of rotatable bonds is 5. The van der Waals surface area contributed by atoms with Gasteiger partial charge in [0, 0.05) is 5.02 Å². The Hall–Kier alpha value is -2.66. The zero-order chi connectivity index (χ0) is 15.9. The molecule has 0 saturated carbocycles. The van der Waals surface area contributed by atoms with Crippen molar-refractivity contribution >= 4 is 35.4 Å². The standard InChI is InChI=1S/C16H12ClNO4/c17-12-6-7-13(16(20)21)14(8-12)18-9-15(19)22-10-11-4-2-1-3-5-11/h1-9H,10H2,(H,20,21)/b18-9-. The van der Waals surface area contributed by atoms with E-state index in [2.05, 4.69) is 4.99 Å². The van der Waals surface area contributed by atoms with Gasteiger partial charge in [-0.1, -0.05) is 41.9 Å². The number of carboxylic acid groups (broad SMARTS) is 1. The quantitative estimate of drug-likeness (QED) is 0.676. The van der Waals surface area contributed by atoms with Crippen LogP contribution in [0.4, 0.5) is 5.69 Å². The Morgan fingerprint density at radius 2 is 1.91 bits per heavy atom. The zero-order valence-corrected chi connectivity index (χ0v) is 12.2. The molecule has 0 aromatic heterocycles. The lowest BCUT2D eigenvalue weighted by Gasteiger charge is -2.03. The molecule has 0 aliphatic carbocycles. The van der Waals surface area contributed by atoms with Gasteiger partial charge in [-0.15, -0.1) is 0 Å². The van der Waals surface area contributed by atoms with Crippen LogP contribution in [0.5, 0.6) is 0 Å². The first-order valence-electron chi connectivity index (χ1n) is 6.34.